The van der Waals surface area contributed by atoms with Crippen LogP contribution in [0.25, 0.3) is 66.9 Å². The minimum atomic E-state index is -0.803. The first-order valence-corrected chi connectivity index (χ1v) is 17.7. The molecule has 1 aliphatic rings. The third-order valence-corrected chi connectivity index (χ3v) is 10.3. The second-order valence-corrected chi connectivity index (χ2v) is 13.2. The monoisotopic (exact) mass is 728 g/mol. The SMILES string of the molecule is [2H]c1c([2H])c([2H])c2/c(c1[2H])=c1/c([2H])c([2H])c([2H])c([2H])/c1=c1\c([2H])c([2H])c(-c3nc(-n4c5ccccc5c5ccccc54)nc(-n4c5ccccc5c5ccccc54)n3)c([2H])\c1=c1/c([2H])c([2H])c([2H])c([2H])/c1=2. The van der Waals surface area contributed by atoms with Crippen molar-refractivity contribution in [2.24, 2.45) is 0 Å². The number of hydrogen-bond acceptors (Lipinski definition) is 3. The summed E-state index contributed by atoms with van der Waals surface area (Å²) in [5.41, 5.74) is 2.41. The van der Waals surface area contributed by atoms with Crippen molar-refractivity contribution in [2.75, 3.05) is 0 Å². The highest BCUT2D eigenvalue weighted by Crippen LogP contribution is 2.34. The van der Waals surface area contributed by atoms with Crippen LogP contribution in [0.15, 0.2) is 188 Å². The van der Waals surface area contributed by atoms with Crippen molar-refractivity contribution >= 4 is 43.6 Å². The molecule has 0 radical (unpaired) electrons. The highest BCUT2D eigenvalue weighted by atomic mass is 15.3. The van der Waals surface area contributed by atoms with Crippen molar-refractivity contribution in [2.45, 2.75) is 0 Å². The molecule has 0 unspecified atom stereocenters. The van der Waals surface area contributed by atoms with Gasteiger partial charge in [-0.05, 0) is 72.1 Å². The average molecular weight is 729 g/mol. The van der Waals surface area contributed by atoms with Crippen LogP contribution in [0.4, 0.5) is 0 Å². The zero-order valence-electron chi connectivity index (χ0n) is 44.0. The maximum absolute atomic E-state index is 10.3. The molecule has 260 valence electrons. The fraction of sp³-hybridized carbons (Fsp3) is 0. The molecule has 0 bridgehead atoms. The number of para-hydroxylation sites is 4. The summed E-state index contributed by atoms with van der Waals surface area (Å²) in [6.45, 7) is 0. The predicted molar refractivity (Wildman–Crippen MR) is 224 cm³/mol. The van der Waals surface area contributed by atoms with Gasteiger partial charge in [-0.2, -0.15) is 15.0 Å². The molecule has 0 saturated carbocycles. The molecule has 0 amide bonds. The van der Waals surface area contributed by atoms with Crippen molar-refractivity contribution < 1.29 is 20.6 Å². The standard InChI is InChI=1S/C51H31N5/c1-2-16-34-33(15-1)35-17-3-4-19-37(35)39-30-29-32(31-44(39)38-20-6-5-18-36(34)38)49-52-50(55-45-25-11-7-21-40(45)41-22-8-12-26-46(41)55)54-51(53-49)56-47-27-13-9-23-42(47)43-24-10-14-28-48(43)56/h1-31H/b35-33-,36-34-,39-37-,44-38-/i1D,2D,3D,4D,5D,6D,15D,16D,17D,18D,19D,20D,29D,30D,31D. The van der Waals surface area contributed by atoms with E-state index in [-0.39, 0.29) is 17.7 Å². The second-order valence-electron chi connectivity index (χ2n) is 13.2. The lowest BCUT2D eigenvalue weighted by Crippen LogP contribution is -2.10. The van der Waals surface area contributed by atoms with Crippen LogP contribution in [-0.4, -0.2) is 24.1 Å². The van der Waals surface area contributed by atoms with E-state index < -0.39 is 138 Å². The highest BCUT2D eigenvalue weighted by Gasteiger charge is 2.20. The second kappa shape index (κ2) is 11.9. The minimum Gasteiger partial charge on any atom is -0.278 e. The molecule has 5 nitrogen and oxygen atoms in total. The summed E-state index contributed by atoms with van der Waals surface area (Å²) in [4.78, 5) is 15.2. The Morgan fingerprint density at radius 3 is 1.04 bits per heavy atom. The lowest BCUT2D eigenvalue weighted by atomic mass is 10.0. The topological polar surface area (TPSA) is 48.5 Å². The molecule has 3 aromatic heterocycles. The molecule has 0 N–H and O–H groups in total. The van der Waals surface area contributed by atoms with Crippen LogP contribution >= 0.6 is 0 Å². The summed E-state index contributed by atoms with van der Waals surface area (Å²) >= 11 is 0. The van der Waals surface area contributed by atoms with E-state index in [1.54, 1.807) is 0 Å². The summed E-state index contributed by atoms with van der Waals surface area (Å²) in [5.74, 6) is -0.206. The van der Waals surface area contributed by atoms with Crippen molar-refractivity contribution in [3.8, 4) is 23.3 Å². The first kappa shape index (κ1) is 19.6. The molecule has 0 atom stereocenters. The Balaban J connectivity index is 1.40. The smallest absolute Gasteiger partial charge is 0.240 e. The van der Waals surface area contributed by atoms with Crippen molar-refractivity contribution in [1.82, 2.24) is 24.1 Å². The summed E-state index contributed by atoms with van der Waals surface area (Å²) in [5, 5.41) is -0.586. The number of rotatable bonds is 3. The molecular formula is C51H31N5. The van der Waals surface area contributed by atoms with E-state index in [0.29, 0.717) is 22.1 Å². The quantitative estimate of drug-likeness (QED) is 0.182. The van der Waals surface area contributed by atoms with Gasteiger partial charge in [-0.3, -0.25) is 9.13 Å². The molecule has 8 aromatic carbocycles. The van der Waals surface area contributed by atoms with Crippen molar-refractivity contribution in [3.05, 3.63) is 229 Å². The van der Waals surface area contributed by atoms with E-state index in [2.05, 4.69) is 0 Å². The van der Waals surface area contributed by atoms with Gasteiger partial charge >= 0.3 is 0 Å². The molecule has 5 heteroatoms. The normalized spacial score (nSPS) is 18.2. The molecular weight excluding hydrogens is 683 g/mol. The Labute approximate surface area is 340 Å². The fourth-order valence-corrected chi connectivity index (χ4v) is 7.90. The van der Waals surface area contributed by atoms with Crippen LogP contribution in [0.3, 0.4) is 0 Å². The van der Waals surface area contributed by atoms with Crippen LogP contribution in [-0.2, 0) is 0 Å². The summed E-state index contributed by atoms with van der Waals surface area (Å²) in [6, 6.07) is 18.9. The third kappa shape index (κ3) is 4.46. The Morgan fingerprint density at radius 1 is 0.339 bits per heavy atom. The van der Waals surface area contributed by atoms with Crippen LogP contribution in [0.1, 0.15) is 20.6 Å². The van der Waals surface area contributed by atoms with Gasteiger partial charge in [0.25, 0.3) is 0 Å². The molecule has 3 heterocycles. The molecule has 0 aliphatic heterocycles. The molecule has 0 fully saturated rings. The number of fused-ring (bicyclic) bond motifs is 10. The van der Waals surface area contributed by atoms with Gasteiger partial charge in [0.2, 0.25) is 11.9 Å². The number of nitrogens with zero attached hydrogens (tertiary/aromatic N) is 5. The molecule has 0 spiro atoms. The molecule has 11 aromatic rings. The molecule has 12 rings (SSSR count). The van der Waals surface area contributed by atoms with E-state index in [4.69, 9.17) is 23.2 Å². The van der Waals surface area contributed by atoms with Gasteiger partial charge in [0.05, 0.1) is 42.6 Å². The van der Waals surface area contributed by atoms with Gasteiger partial charge in [0, 0.05) is 27.1 Å². The fourth-order valence-electron chi connectivity index (χ4n) is 7.90. The van der Waals surface area contributed by atoms with E-state index in [0.717, 1.165) is 21.5 Å². The van der Waals surface area contributed by atoms with Crippen molar-refractivity contribution in [1.29, 1.82) is 0 Å². The van der Waals surface area contributed by atoms with Gasteiger partial charge in [0.1, 0.15) is 0 Å². The van der Waals surface area contributed by atoms with E-state index in [1.165, 1.54) is 0 Å². The lowest BCUT2D eigenvalue weighted by Gasteiger charge is -2.13. The van der Waals surface area contributed by atoms with Gasteiger partial charge < -0.3 is 0 Å². The van der Waals surface area contributed by atoms with E-state index in [9.17, 15) is 12.3 Å². The number of hydrogen-bond donors (Lipinski definition) is 0. The molecule has 0 saturated heterocycles. The summed E-state index contributed by atoms with van der Waals surface area (Å²) in [6.07, 6.45) is 0. The first-order chi connectivity index (χ1) is 34.0. The molecule has 56 heavy (non-hydrogen) atoms. The van der Waals surface area contributed by atoms with Gasteiger partial charge in [0.15, 0.2) is 5.82 Å². The zero-order valence-corrected chi connectivity index (χ0v) is 29.0. The van der Waals surface area contributed by atoms with Crippen LogP contribution in [0, 0.1) is 41.7 Å². The number of aromatic nitrogens is 5. The first-order valence-electron chi connectivity index (χ1n) is 25.2. The van der Waals surface area contributed by atoms with Crippen LogP contribution in [0.5, 0.6) is 0 Å². The minimum absolute atomic E-state index is 0.0491. The van der Waals surface area contributed by atoms with Crippen LogP contribution < -0.4 is 0 Å². The Hall–Kier alpha value is -7.63. The lowest BCUT2D eigenvalue weighted by molar-refractivity contribution is 0.892. The Bertz CT molecular complexity index is 4480. The van der Waals surface area contributed by atoms with Gasteiger partial charge in [-0.25, -0.2) is 0 Å². The van der Waals surface area contributed by atoms with Crippen LogP contribution in [0.2, 0.25) is 0 Å². The zero-order chi connectivity index (χ0) is 49.8. The molecule has 1 aliphatic carbocycles. The summed E-state index contributed by atoms with van der Waals surface area (Å²) < 4.78 is 143. The van der Waals surface area contributed by atoms with E-state index >= 15 is 0 Å². The van der Waals surface area contributed by atoms with Crippen molar-refractivity contribution in [3.63, 3.8) is 0 Å². The van der Waals surface area contributed by atoms with Gasteiger partial charge in [-0.1, -0.05) is 157 Å². The average Bonchev–Trinajstić information content (AvgIpc) is 3.90. The third-order valence-electron chi connectivity index (χ3n) is 10.3. The van der Waals surface area contributed by atoms with Gasteiger partial charge in [-0.15, -0.1) is 0 Å². The summed E-state index contributed by atoms with van der Waals surface area (Å²) in [7, 11) is 0. The largest absolute Gasteiger partial charge is 0.278 e. The Kier molecular flexibility index (Phi) is 4.18. The number of benzene rings is 8. The maximum atomic E-state index is 10.3. The predicted octanol–water partition coefficient (Wildman–Crippen LogP) is 11.2. The highest BCUT2D eigenvalue weighted by molar-refractivity contribution is 6.10. The Morgan fingerprint density at radius 2 is 0.661 bits per heavy atom. The maximum Gasteiger partial charge on any atom is 0.240 e. The van der Waals surface area contributed by atoms with E-state index in [1.807, 2.05) is 106 Å².